The molecule has 1 fully saturated rings. The Labute approximate surface area is 286 Å². The van der Waals surface area contributed by atoms with Crippen LogP contribution in [0.2, 0.25) is 0 Å². The summed E-state index contributed by atoms with van der Waals surface area (Å²) < 4.78 is 33.2. The third kappa shape index (κ3) is 9.27. The molecule has 3 aromatic rings. The van der Waals surface area contributed by atoms with Crippen molar-refractivity contribution in [3.63, 3.8) is 0 Å². The quantitative estimate of drug-likeness (QED) is 0.186. The first-order valence-corrected chi connectivity index (χ1v) is 16.9. The van der Waals surface area contributed by atoms with Gasteiger partial charge in [-0.05, 0) is 64.4 Å². The van der Waals surface area contributed by atoms with E-state index in [0.717, 1.165) is 41.9 Å². The highest BCUT2D eigenvalue weighted by atomic mass is 35.5. The molecule has 1 aliphatic heterocycles. The van der Waals surface area contributed by atoms with E-state index < -0.39 is 37.5 Å². The van der Waals surface area contributed by atoms with Crippen LogP contribution >= 0.6 is 12.4 Å². The van der Waals surface area contributed by atoms with Crippen molar-refractivity contribution < 1.29 is 27.5 Å². The number of carbonyl (C=O) groups excluding carboxylic acids is 2. The van der Waals surface area contributed by atoms with E-state index in [1.807, 2.05) is 25.1 Å². The summed E-state index contributed by atoms with van der Waals surface area (Å²) in [5.41, 5.74) is 1.58. The van der Waals surface area contributed by atoms with Crippen molar-refractivity contribution in [2.75, 3.05) is 51.2 Å². The van der Waals surface area contributed by atoms with Crippen LogP contribution in [-0.2, 0) is 19.6 Å². The van der Waals surface area contributed by atoms with Gasteiger partial charge in [0.1, 0.15) is 0 Å². The number of nitrogens with zero attached hydrogens (tertiary/aromatic N) is 6. The van der Waals surface area contributed by atoms with E-state index in [1.54, 1.807) is 37.6 Å². The van der Waals surface area contributed by atoms with Crippen molar-refractivity contribution in [2.24, 2.45) is 0 Å². The Hall–Kier alpha value is -4.12. The van der Waals surface area contributed by atoms with Gasteiger partial charge < -0.3 is 25.0 Å². The van der Waals surface area contributed by atoms with Crippen LogP contribution in [0.15, 0.2) is 51.9 Å². The van der Waals surface area contributed by atoms with Crippen molar-refractivity contribution in [3.05, 3.63) is 64.0 Å². The highest BCUT2D eigenvalue weighted by Crippen LogP contribution is 2.28. The summed E-state index contributed by atoms with van der Waals surface area (Å²) >= 11 is 0. The van der Waals surface area contributed by atoms with Gasteiger partial charge in [-0.1, -0.05) is 29.4 Å². The largest absolute Gasteiger partial charge is 0.353 e. The lowest BCUT2D eigenvalue weighted by molar-refractivity contribution is -0.387. The summed E-state index contributed by atoms with van der Waals surface area (Å²) in [6.07, 6.45) is 1.66. The zero-order chi connectivity index (χ0) is 34.3. The molecule has 0 spiro atoms. The normalized spacial score (nSPS) is 13.6. The molecule has 4 rings (SSSR count). The van der Waals surface area contributed by atoms with Gasteiger partial charge in [-0.3, -0.25) is 19.7 Å². The van der Waals surface area contributed by atoms with Gasteiger partial charge in [-0.25, -0.2) is 8.42 Å². The van der Waals surface area contributed by atoms with Crippen molar-refractivity contribution in [3.8, 4) is 11.4 Å². The molecule has 1 aromatic heterocycles. The van der Waals surface area contributed by atoms with Crippen LogP contribution in [0.25, 0.3) is 11.4 Å². The number of hydrogen-bond acceptors (Lipinski definition) is 11. The Morgan fingerprint density at radius 1 is 1.12 bits per heavy atom. The highest BCUT2D eigenvalue weighted by Gasteiger charge is 2.33. The number of amides is 2. The van der Waals surface area contributed by atoms with Gasteiger partial charge in [0.25, 0.3) is 5.69 Å². The molecular formula is C31H43ClN8O7S. The van der Waals surface area contributed by atoms with Gasteiger partial charge in [-0.15, -0.1) is 12.4 Å². The fourth-order valence-corrected chi connectivity index (χ4v) is 7.34. The molecule has 0 saturated carbocycles. The molecule has 2 N–H and O–H groups in total. The van der Waals surface area contributed by atoms with Crippen molar-refractivity contribution in [2.45, 2.75) is 57.5 Å². The summed E-state index contributed by atoms with van der Waals surface area (Å²) in [4.78, 5) is 45.0. The first-order valence-electron chi connectivity index (χ1n) is 15.4. The lowest BCUT2D eigenvalue weighted by atomic mass is 10.1. The van der Waals surface area contributed by atoms with E-state index in [9.17, 15) is 28.1 Å². The molecule has 48 heavy (non-hydrogen) atoms. The summed E-state index contributed by atoms with van der Waals surface area (Å²) in [7, 11) is -2.48. The van der Waals surface area contributed by atoms with Crippen LogP contribution in [0.5, 0.6) is 0 Å². The van der Waals surface area contributed by atoms with Gasteiger partial charge in [0.15, 0.2) is 4.90 Å². The number of nitro benzene ring substituents is 1. The number of piperidine rings is 1. The molecule has 0 aliphatic carbocycles. The number of para-hydroxylation sites is 1. The van der Waals surface area contributed by atoms with Gasteiger partial charge in [0, 0.05) is 56.5 Å². The van der Waals surface area contributed by atoms with Crippen LogP contribution in [-0.4, -0.2) is 103 Å². The Kier molecular flexibility index (Phi) is 13.4. The smallest absolute Gasteiger partial charge is 0.289 e. The minimum absolute atomic E-state index is 0. The van der Waals surface area contributed by atoms with E-state index in [4.69, 9.17) is 4.52 Å². The number of likely N-dealkylation sites (N-methyl/N-ethyl adjacent to an activating group) is 1. The van der Waals surface area contributed by atoms with E-state index in [0.29, 0.717) is 23.0 Å². The molecule has 2 amide bonds. The number of rotatable bonds is 14. The number of hydrogen-bond donors (Lipinski definition) is 2. The Bertz CT molecular complexity index is 1700. The number of nitrogens with one attached hydrogen (secondary N) is 2. The molecule has 0 radical (unpaired) electrons. The molecule has 0 unspecified atom stereocenters. The maximum absolute atomic E-state index is 13.5. The predicted octanol–water partition coefficient (Wildman–Crippen LogP) is 2.92. The molecule has 17 heteroatoms. The Morgan fingerprint density at radius 2 is 1.81 bits per heavy atom. The van der Waals surface area contributed by atoms with Gasteiger partial charge in [0.2, 0.25) is 33.6 Å². The topological polar surface area (TPSA) is 184 Å². The Balaban J connectivity index is 0.00000625. The fourth-order valence-electron chi connectivity index (χ4n) is 5.55. The second-order valence-corrected chi connectivity index (χ2v) is 13.6. The number of anilines is 1. The van der Waals surface area contributed by atoms with Crippen molar-refractivity contribution in [1.29, 1.82) is 0 Å². The van der Waals surface area contributed by atoms with E-state index >= 15 is 0 Å². The molecule has 15 nitrogen and oxygen atoms in total. The molecular weight excluding hydrogens is 664 g/mol. The van der Waals surface area contributed by atoms with Crippen LogP contribution in [0.1, 0.15) is 38.1 Å². The monoisotopic (exact) mass is 706 g/mol. The van der Waals surface area contributed by atoms with Crippen molar-refractivity contribution >= 4 is 45.6 Å². The number of aromatic nitrogens is 2. The number of nitro groups is 1. The maximum atomic E-state index is 13.5. The van der Waals surface area contributed by atoms with Crippen molar-refractivity contribution in [1.82, 2.24) is 30.0 Å². The van der Waals surface area contributed by atoms with Crippen LogP contribution in [0.4, 0.5) is 11.4 Å². The molecule has 2 heterocycles. The lowest BCUT2D eigenvalue weighted by Crippen LogP contribution is -2.49. The number of benzene rings is 2. The average molecular weight is 707 g/mol. The van der Waals surface area contributed by atoms with Gasteiger partial charge >= 0.3 is 0 Å². The second-order valence-electron chi connectivity index (χ2n) is 11.8. The van der Waals surface area contributed by atoms with Gasteiger partial charge in [-0.2, -0.15) is 9.29 Å². The zero-order valence-corrected chi connectivity index (χ0v) is 29.3. The van der Waals surface area contributed by atoms with Crippen LogP contribution in [0, 0.1) is 24.0 Å². The minimum atomic E-state index is -4.26. The first-order chi connectivity index (χ1) is 22.3. The second kappa shape index (κ2) is 16.8. The van der Waals surface area contributed by atoms with E-state index in [-0.39, 0.29) is 50.5 Å². The van der Waals surface area contributed by atoms with E-state index in [2.05, 4.69) is 20.8 Å². The molecule has 1 aliphatic rings. The first kappa shape index (κ1) is 38.3. The summed E-state index contributed by atoms with van der Waals surface area (Å²) in [6, 6.07) is 10.2. The highest BCUT2D eigenvalue weighted by molar-refractivity contribution is 7.89. The number of carbonyl (C=O) groups is 2. The Morgan fingerprint density at radius 3 is 2.44 bits per heavy atom. The number of halogens is 1. The maximum Gasteiger partial charge on any atom is 0.289 e. The van der Waals surface area contributed by atoms with E-state index in [1.165, 1.54) is 18.2 Å². The SMILES string of the molecule is Cc1nc(-c2ccc(C)c(N(CC(=O)NCCN(C(C)C)S(=O)(=O)c3ccccc3[N+](=O)[O-])CC(=O)N(C)C3CCNCC3)c2)no1.Cl. The molecule has 0 atom stereocenters. The average Bonchev–Trinajstić information content (AvgIpc) is 3.48. The summed E-state index contributed by atoms with van der Waals surface area (Å²) in [5.74, 6) is 0.192. The molecule has 1 saturated heterocycles. The molecule has 262 valence electrons. The van der Waals surface area contributed by atoms with Crippen LogP contribution in [0.3, 0.4) is 0 Å². The fraction of sp³-hybridized carbons (Fsp3) is 0.484. The zero-order valence-electron chi connectivity index (χ0n) is 27.7. The van der Waals surface area contributed by atoms with Crippen LogP contribution < -0.4 is 15.5 Å². The molecule has 2 aromatic carbocycles. The third-order valence-corrected chi connectivity index (χ3v) is 10.2. The standard InChI is InChI=1S/C31H42N8O7S.ClH/c1-21(2)38(47(44,45)28-9-7-6-8-26(28)39(42)43)17-16-33-29(40)19-37(20-30(41)36(5)25-12-14-32-15-13-25)27-18-24(11-10-22(27)3)31-34-23(4)46-35-31;/h6-11,18,21,25,32H,12-17,19-20H2,1-5H3,(H,33,40);1H. The third-order valence-electron chi connectivity index (χ3n) is 8.12. The molecule has 0 bridgehead atoms. The van der Waals surface area contributed by atoms with Gasteiger partial charge in [0.05, 0.1) is 18.0 Å². The number of sulfonamides is 1. The number of aryl methyl sites for hydroxylation is 2. The predicted molar refractivity (Wildman–Crippen MR) is 182 cm³/mol. The summed E-state index contributed by atoms with van der Waals surface area (Å²) in [6.45, 7) is 8.05. The summed E-state index contributed by atoms with van der Waals surface area (Å²) in [5, 5.41) is 21.6. The minimum Gasteiger partial charge on any atom is -0.353 e. The lowest BCUT2D eigenvalue weighted by Gasteiger charge is -2.34.